The topological polar surface area (TPSA) is 82.5 Å². The van der Waals surface area contributed by atoms with Gasteiger partial charge < -0.3 is 14.0 Å². The molecule has 0 amide bonds. The Morgan fingerprint density at radius 3 is 2.02 bits per heavy atom. The first-order valence-corrected chi connectivity index (χ1v) is 23.7. The smallest absolute Gasteiger partial charge is 0.215 e. The van der Waals surface area contributed by atoms with Crippen molar-refractivity contribution in [3.63, 3.8) is 0 Å². The number of rotatable bonds is 6. The fraction of sp³-hybridized carbons (Fsp3) is 0.135. The van der Waals surface area contributed by atoms with Gasteiger partial charge in [-0.25, -0.2) is 4.98 Å². The van der Waals surface area contributed by atoms with Crippen molar-refractivity contribution < 1.29 is 24.5 Å². The molecule has 0 atom stereocenters. The zero-order chi connectivity index (χ0) is 41.5. The number of aryl methyl sites for hydroxylation is 4. The van der Waals surface area contributed by atoms with Crippen LogP contribution in [0.15, 0.2) is 144 Å². The summed E-state index contributed by atoms with van der Waals surface area (Å²) in [6.07, 6.45) is 5.54. The molecular weight excluding hydrogens is 945 g/mol. The number of nitrogens with zero attached hydrogens (tertiary/aromatic N) is 6. The quantitative estimate of drug-likeness (QED) is 0.122. The SMILES string of the molecule is Cc1c[c-]c(-c2ccc([Si](C)(C)C)cn2)cc1.Cc1cc(C)c2c(n1)oc1c(-c3nc4ccnc(C)c4n3-c3c(-c4ccccc4)cccc3-c3ccccc3)[c-]cnc12.[Ir]. The van der Waals surface area contributed by atoms with Crippen molar-refractivity contribution in [1.29, 1.82) is 0 Å². The molecule has 0 aliphatic heterocycles. The fourth-order valence-corrected chi connectivity index (χ4v) is 8.86. The van der Waals surface area contributed by atoms with Crippen LogP contribution in [0.3, 0.4) is 0 Å². The van der Waals surface area contributed by atoms with Crippen LogP contribution in [-0.4, -0.2) is 37.6 Å². The second-order valence-corrected chi connectivity index (χ2v) is 21.3. The predicted octanol–water partition coefficient (Wildman–Crippen LogP) is 12.2. The number of aromatic nitrogens is 6. The molecule has 0 aliphatic carbocycles. The third-order valence-electron chi connectivity index (χ3n) is 10.9. The molecule has 0 saturated carbocycles. The molecule has 1 radical (unpaired) electrons. The molecule has 0 bridgehead atoms. The van der Waals surface area contributed by atoms with E-state index >= 15 is 0 Å². The zero-order valence-electron chi connectivity index (χ0n) is 35.2. The van der Waals surface area contributed by atoms with Gasteiger partial charge in [0, 0.05) is 55.1 Å². The van der Waals surface area contributed by atoms with E-state index in [1.165, 1.54) is 10.8 Å². The molecule has 0 N–H and O–H groups in total. The van der Waals surface area contributed by atoms with Crippen molar-refractivity contribution in [3.8, 4) is 50.6 Å². The third-order valence-corrected chi connectivity index (χ3v) is 12.9. The number of para-hydroxylation sites is 1. The van der Waals surface area contributed by atoms with E-state index in [-0.39, 0.29) is 20.1 Å². The summed E-state index contributed by atoms with van der Waals surface area (Å²) in [7, 11) is -1.24. The van der Waals surface area contributed by atoms with Crippen LogP contribution in [0, 0.1) is 39.8 Å². The van der Waals surface area contributed by atoms with E-state index in [4.69, 9.17) is 24.4 Å². The minimum absolute atomic E-state index is 0. The molecular formula is C52H44IrN6OSi-2. The number of imidazole rings is 1. The average molecular weight is 989 g/mol. The standard InChI is InChI=1S/C37H26N5O.C15H18NSi.Ir/c1-22-21-23(2)40-37-31(22)32-35(43-37)29(17-19-39-32)36-41-30-18-20-38-24(3)33(30)42(36)34-27(25-11-6-4-7-12-25)15-10-16-28(34)26-13-8-5-9-14-26;1-12-5-7-13(8-6-12)15-10-9-14(11-16-15)17(2,3)4;/h4-16,18-21H,1-3H3;5-7,9-11H,1-4H3;/q2*-1;. The van der Waals surface area contributed by atoms with Gasteiger partial charge in [0.2, 0.25) is 5.71 Å². The van der Waals surface area contributed by atoms with Crippen LogP contribution in [0.25, 0.3) is 83.8 Å². The first kappa shape index (κ1) is 41.4. The van der Waals surface area contributed by atoms with Crippen LogP contribution in [0.4, 0.5) is 0 Å². The van der Waals surface area contributed by atoms with Gasteiger partial charge in [0.1, 0.15) is 0 Å². The minimum Gasteiger partial charge on any atom is -0.499 e. The first-order valence-electron chi connectivity index (χ1n) is 20.2. The maximum atomic E-state index is 6.47. The van der Waals surface area contributed by atoms with Crippen molar-refractivity contribution in [2.24, 2.45) is 0 Å². The van der Waals surface area contributed by atoms with Crippen LogP contribution in [-0.2, 0) is 20.1 Å². The minimum atomic E-state index is -1.24. The molecule has 6 heterocycles. The molecule has 10 aromatic rings. The molecule has 9 heteroatoms. The van der Waals surface area contributed by atoms with E-state index < -0.39 is 8.07 Å². The van der Waals surface area contributed by atoms with E-state index in [2.05, 4.69) is 152 Å². The summed E-state index contributed by atoms with van der Waals surface area (Å²) >= 11 is 0. The molecule has 61 heavy (non-hydrogen) atoms. The molecule has 4 aromatic carbocycles. The monoisotopic (exact) mass is 989 g/mol. The molecule has 6 aromatic heterocycles. The summed E-state index contributed by atoms with van der Waals surface area (Å²) in [5, 5.41) is 2.30. The van der Waals surface area contributed by atoms with E-state index in [0.29, 0.717) is 17.1 Å². The van der Waals surface area contributed by atoms with Gasteiger partial charge in [0.15, 0.2) is 0 Å². The number of hydrogen-bond acceptors (Lipinski definition) is 6. The van der Waals surface area contributed by atoms with E-state index in [0.717, 1.165) is 83.6 Å². The van der Waals surface area contributed by atoms with Crippen LogP contribution in [0.5, 0.6) is 0 Å². The fourth-order valence-electron chi connectivity index (χ4n) is 7.82. The largest absolute Gasteiger partial charge is 0.499 e. The van der Waals surface area contributed by atoms with Crippen LogP contribution < -0.4 is 5.19 Å². The van der Waals surface area contributed by atoms with Crippen molar-refractivity contribution in [2.75, 3.05) is 0 Å². The van der Waals surface area contributed by atoms with E-state index in [1.807, 2.05) is 50.5 Å². The number of fused-ring (bicyclic) bond motifs is 4. The van der Waals surface area contributed by atoms with E-state index in [1.54, 1.807) is 6.20 Å². The van der Waals surface area contributed by atoms with Crippen LogP contribution in [0.2, 0.25) is 19.6 Å². The summed E-state index contributed by atoms with van der Waals surface area (Å²) < 4.78 is 8.70. The number of furan rings is 1. The molecule has 0 spiro atoms. The van der Waals surface area contributed by atoms with Gasteiger partial charge in [-0.05, 0) is 66.7 Å². The van der Waals surface area contributed by atoms with Gasteiger partial charge in [0.25, 0.3) is 0 Å². The Hall–Kier alpha value is -6.38. The molecule has 0 saturated heterocycles. The molecule has 0 fully saturated rings. The van der Waals surface area contributed by atoms with Gasteiger partial charge in [-0.2, -0.15) is 0 Å². The van der Waals surface area contributed by atoms with Gasteiger partial charge in [-0.15, -0.1) is 47.0 Å². The zero-order valence-corrected chi connectivity index (χ0v) is 38.6. The Bertz CT molecular complexity index is 3100. The van der Waals surface area contributed by atoms with Gasteiger partial charge in [-0.1, -0.05) is 118 Å². The summed E-state index contributed by atoms with van der Waals surface area (Å²) in [6, 6.07) is 48.5. The van der Waals surface area contributed by atoms with Crippen LogP contribution >= 0.6 is 0 Å². The van der Waals surface area contributed by atoms with Gasteiger partial charge in [0.05, 0.1) is 47.0 Å². The second kappa shape index (κ2) is 16.9. The van der Waals surface area contributed by atoms with Crippen molar-refractivity contribution in [2.45, 2.75) is 47.3 Å². The normalized spacial score (nSPS) is 11.4. The Balaban J connectivity index is 0.000000241. The Kier molecular flexibility index (Phi) is 11.5. The summed E-state index contributed by atoms with van der Waals surface area (Å²) in [6.45, 7) is 15.1. The number of pyridine rings is 4. The van der Waals surface area contributed by atoms with Crippen LogP contribution in [0.1, 0.15) is 22.5 Å². The summed E-state index contributed by atoms with van der Waals surface area (Å²) in [5.74, 6) is 0.701. The average Bonchev–Trinajstić information content (AvgIpc) is 3.84. The third kappa shape index (κ3) is 8.00. The Morgan fingerprint density at radius 1 is 0.689 bits per heavy atom. The van der Waals surface area contributed by atoms with Crippen molar-refractivity contribution in [3.05, 3.63) is 175 Å². The molecule has 10 rings (SSSR count). The Labute approximate surface area is 371 Å². The van der Waals surface area contributed by atoms with Gasteiger partial charge in [-0.3, -0.25) is 15.0 Å². The maximum Gasteiger partial charge on any atom is 0.215 e. The second-order valence-electron chi connectivity index (χ2n) is 16.2. The van der Waals surface area contributed by atoms with Crippen molar-refractivity contribution >= 4 is 46.5 Å². The molecule has 0 aliphatic rings. The Morgan fingerprint density at radius 2 is 1.39 bits per heavy atom. The number of hydrogen-bond donors (Lipinski definition) is 0. The maximum absolute atomic E-state index is 6.47. The molecule has 0 unspecified atom stereocenters. The van der Waals surface area contributed by atoms with Crippen molar-refractivity contribution in [1.82, 2.24) is 29.5 Å². The van der Waals surface area contributed by atoms with Gasteiger partial charge >= 0.3 is 0 Å². The summed E-state index contributed by atoms with van der Waals surface area (Å²) in [4.78, 5) is 23.9. The molecule has 303 valence electrons. The summed E-state index contributed by atoms with van der Waals surface area (Å²) in [5.41, 5.74) is 15.9. The first-order chi connectivity index (χ1) is 29.0. The number of benzene rings is 4. The molecule has 7 nitrogen and oxygen atoms in total. The predicted molar refractivity (Wildman–Crippen MR) is 247 cm³/mol. The van der Waals surface area contributed by atoms with E-state index in [9.17, 15) is 0 Å².